The summed E-state index contributed by atoms with van der Waals surface area (Å²) in [6, 6.07) is 10.6. The first-order valence-corrected chi connectivity index (χ1v) is 8.67. The van der Waals surface area contributed by atoms with E-state index in [0.717, 1.165) is 25.9 Å². The largest absolute Gasteiger partial charge is 0.377 e. The number of piperidine rings is 1. The molecule has 1 aromatic heterocycles. The van der Waals surface area contributed by atoms with Crippen molar-refractivity contribution in [3.05, 3.63) is 47.5 Å². The van der Waals surface area contributed by atoms with Crippen molar-refractivity contribution < 1.29 is 9.53 Å². The van der Waals surface area contributed by atoms with Crippen LogP contribution < -0.4 is 5.32 Å². The molecule has 0 bridgehead atoms. The number of hydrogen-bond acceptors (Lipinski definition) is 5. The van der Waals surface area contributed by atoms with Crippen LogP contribution in [0, 0.1) is 0 Å². The lowest BCUT2D eigenvalue weighted by Gasteiger charge is -2.31. The zero-order chi connectivity index (χ0) is 17.5. The summed E-state index contributed by atoms with van der Waals surface area (Å²) in [6.45, 7) is 3.05. The number of ether oxygens (including phenoxy) is 1. The van der Waals surface area contributed by atoms with E-state index in [1.54, 1.807) is 7.11 Å². The lowest BCUT2D eigenvalue weighted by molar-refractivity contribution is -0.122. The molecule has 2 heterocycles. The monoisotopic (exact) mass is 343 g/mol. The van der Waals surface area contributed by atoms with Crippen LogP contribution in [0.4, 0.5) is 0 Å². The van der Waals surface area contributed by atoms with Crippen molar-refractivity contribution in [2.75, 3.05) is 26.7 Å². The summed E-state index contributed by atoms with van der Waals surface area (Å²) in [7, 11) is 1.60. The number of aromatic amines is 1. The van der Waals surface area contributed by atoms with E-state index in [1.165, 1.54) is 5.56 Å². The lowest BCUT2D eigenvalue weighted by atomic mass is 9.89. The standard InChI is InChI=1S/C18H25N5O2/c1-25-13-17-20-16(21-22-17)11-19-18(24)12-23-9-7-15(8-10-23)14-5-3-2-4-6-14/h2-6,15H,7-13H2,1H3,(H,19,24)(H,20,21,22). The number of amides is 1. The average Bonchev–Trinajstić information content (AvgIpc) is 3.09. The van der Waals surface area contributed by atoms with Crippen molar-refractivity contribution >= 4 is 5.91 Å². The molecule has 0 aliphatic carbocycles. The highest BCUT2D eigenvalue weighted by Crippen LogP contribution is 2.27. The van der Waals surface area contributed by atoms with E-state index in [9.17, 15) is 4.79 Å². The number of H-pyrrole nitrogens is 1. The molecule has 1 aliphatic rings. The summed E-state index contributed by atoms with van der Waals surface area (Å²) in [5.74, 6) is 1.86. The van der Waals surface area contributed by atoms with Crippen LogP contribution in [-0.4, -0.2) is 52.7 Å². The van der Waals surface area contributed by atoms with Crippen molar-refractivity contribution in [1.82, 2.24) is 25.4 Å². The van der Waals surface area contributed by atoms with Gasteiger partial charge >= 0.3 is 0 Å². The maximum Gasteiger partial charge on any atom is 0.234 e. The molecule has 134 valence electrons. The molecule has 7 heteroatoms. The minimum Gasteiger partial charge on any atom is -0.377 e. The van der Waals surface area contributed by atoms with Gasteiger partial charge in [-0.2, -0.15) is 5.10 Å². The lowest BCUT2D eigenvalue weighted by Crippen LogP contribution is -2.41. The zero-order valence-electron chi connectivity index (χ0n) is 14.6. The Morgan fingerprint density at radius 3 is 2.80 bits per heavy atom. The van der Waals surface area contributed by atoms with Crippen molar-refractivity contribution in [3.8, 4) is 0 Å². The Balaban J connectivity index is 1.39. The van der Waals surface area contributed by atoms with Crippen LogP contribution in [0.25, 0.3) is 0 Å². The Labute approximate surface area is 147 Å². The highest BCUT2D eigenvalue weighted by atomic mass is 16.5. The second-order valence-electron chi connectivity index (χ2n) is 6.37. The number of aromatic nitrogens is 3. The van der Waals surface area contributed by atoms with E-state index in [-0.39, 0.29) is 5.91 Å². The fourth-order valence-electron chi connectivity index (χ4n) is 3.20. The molecule has 1 aliphatic heterocycles. The van der Waals surface area contributed by atoms with Gasteiger partial charge in [0.2, 0.25) is 5.91 Å². The van der Waals surface area contributed by atoms with Gasteiger partial charge in [0.25, 0.3) is 0 Å². The van der Waals surface area contributed by atoms with Crippen LogP contribution in [0.1, 0.15) is 36.0 Å². The number of rotatable bonds is 7. The van der Waals surface area contributed by atoms with Gasteiger partial charge in [-0.25, -0.2) is 4.98 Å². The molecule has 0 unspecified atom stereocenters. The maximum atomic E-state index is 12.1. The van der Waals surface area contributed by atoms with Gasteiger partial charge in [-0.1, -0.05) is 30.3 Å². The van der Waals surface area contributed by atoms with Gasteiger partial charge in [0.05, 0.1) is 13.1 Å². The first-order chi connectivity index (χ1) is 12.2. The third-order valence-corrected chi connectivity index (χ3v) is 4.53. The molecule has 0 radical (unpaired) electrons. The average molecular weight is 343 g/mol. The van der Waals surface area contributed by atoms with Gasteiger partial charge in [-0.15, -0.1) is 0 Å². The van der Waals surface area contributed by atoms with E-state index in [0.29, 0.717) is 37.3 Å². The molecule has 0 atom stereocenters. The van der Waals surface area contributed by atoms with Crippen molar-refractivity contribution in [1.29, 1.82) is 0 Å². The fraction of sp³-hybridized carbons (Fsp3) is 0.500. The molecular formula is C18H25N5O2. The molecule has 2 N–H and O–H groups in total. The molecule has 1 aromatic carbocycles. The molecule has 2 aromatic rings. The van der Waals surface area contributed by atoms with Crippen LogP contribution in [0.5, 0.6) is 0 Å². The number of benzene rings is 1. The molecule has 3 rings (SSSR count). The number of nitrogens with zero attached hydrogens (tertiary/aromatic N) is 3. The molecule has 25 heavy (non-hydrogen) atoms. The third-order valence-electron chi connectivity index (χ3n) is 4.53. The van der Waals surface area contributed by atoms with Crippen molar-refractivity contribution in [2.45, 2.75) is 31.9 Å². The predicted molar refractivity (Wildman–Crippen MR) is 93.8 cm³/mol. The Morgan fingerprint density at radius 2 is 2.08 bits per heavy atom. The molecule has 1 fully saturated rings. The molecule has 1 amide bonds. The van der Waals surface area contributed by atoms with Crippen LogP contribution >= 0.6 is 0 Å². The normalized spacial score (nSPS) is 16.0. The van der Waals surface area contributed by atoms with Crippen LogP contribution in [-0.2, 0) is 22.7 Å². The van der Waals surface area contributed by atoms with E-state index >= 15 is 0 Å². The topological polar surface area (TPSA) is 83.1 Å². The summed E-state index contributed by atoms with van der Waals surface area (Å²) in [6.07, 6.45) is 2.19. The van der Waals surface area contributed by atoms with Gasteiger partial charge in [0, 0.05) is 7.11 Å². The molecular weight excluding hydrogens is 318 g/mol. The molecule has 0 spiro atoms. The maximum absolute atomic E-state index is 12.1. The second-order valence-corrected chi connectivity index (χ2v) is 6.37. The van der Waals surface area contributed by atoms with Gasteiger partial charge in [-0.05, 0) is 37.4 Å². The Morgan fingerprint density at radius 1 is 1.32 bits per heavy atom. The molecule has 0 saturated carbocycles. The summed E-state index contributed by atoms with van der Waals surface area (Å²) in [4.78, 5) is 18.6. The van der Waals surface area contributed by atoms with Crippen molar-refractivity contribution in [2.24, 2.45) is 0 Å². The number of carbonyl (C=O) groups is 1. The SMILES string of the molecule is COCc1n[nH]c(CNC(=O)CN2CCC(c3ccccc3)CC2)n1. The molecule has 1 saturated heterocycles. The van der Waals surface area contributed by atoms with Gasteiger partial charge in [0.15, 0.2) is 5.82 Å². The van der Waals surface area contributed by atoms with Gasteiger partial charge in [0.1, 0.15) is 12.4 Å². The van der Waals surface area contributed by atoms with E-state index in [1.807, 2.05) is 0 Å². The minimum atomic E-state index is 0.0165. The number of hydrogen-bond donors (Lipinski definition) is 2. The Hall–Kier alpha value is -2.25. The fourth-order valence-corrected chi connectivity index (χ4v) is 3.20. The van der Waals surface area contributed by atoms with E-state index < -0.39 is 0 Å². The number of carbonyl (C=O) groups excluding carboxylic acids is 1. The summed E-state index contributed by atoms with van der Waals surface area (Å²) in [5, 5.41) is 9.71. The van der Waals surface area contributed by atoms with Crippen molar-refractivity contribution in [3.63, 3.8) is 0 Å². The quantitative estimate of drug-likeness (QED) is 0.795. The zero-order valence-corrected chi connectivity index (χ0v) is 14.6. The van der Waals surface area contributed by atoms with Crippen LogP contribution in [0.3, 0.4) is 0 Å². The minimum absolute atomic E-state index is 0.0165. The summed E-state index contributed by atoms with van der Waals surface area (Å²) < 4.78 is 4.97. The Kier molecular flexibility index (Phi) is 6.14. The first-order valence-electron chi connectivity index (χ1n) is 8.67. The third kappa shape index (κ3) is 5.11. The number of nitrogens with one attached hydrogen (secondary N) is 2. The number of likely N-dealkylation sites (tertiary alicyclic amines) is 1. The summed E-state index contributed by atoms with van der Waals surface area (Å²) >= 11 is 0. The van der Waals surface area contributed by atoms with E-state index in [4.69, 9.17) is 4.74 Å². The second kappa shape index (κ2) is 8.73. The predicted octanol–water partition coefficient (Wildman–Crippen LogP) is 1.45. The van der Waals surface area contributed by atoms with Crippen LogP contribution in [0.15, 0.2) is 30.3 Å². The highest BCUT2D eigenvalue weighted by Gasteiger charge is 2.21. The molecule has 7 nitrogen and oxygen atoms in total. The number of methoxy groups -OCH3 is 1. The Bertz CT molecular complexity index is 665. The first kappa shape index (κ1) is 17.6. The summed E-state index contributed by atoms with van der Waals surface area (Å²) in [5.41, 5.74) is 1.41. The van der Waals surface area contributed by atoms with E-state index in [2.05, 4.69) is 55.7 Å². The smallest absolute Gasteiger partial charge is 0.234 e. The highest BCUT2D eigenvalue weighted by molar-refractivity contribution is 5.77. The van der Waals surface area contributed by atoms with Gasteiger partial charge < -0.3 is 10.1 Å². The van der Waals surface area contributed by atoms with Crippen LogP contribution in [0.2, 0.25) is 0 Å². The van der Waals surface area contributed by atoms with Gasteiger partial charge in [-0.3, -0.25) is 14.8 Å².